The second kappa shape index (κ2) is 7.42. The number of carbonyl (C=O) groups is 2. The maximum atomic E-state index is 12.1. The Morgan fingerprint density at radius 3 is 2.47 bits per heavy atom. The number of hydrogen-bond acceptors (Lipinski definition) is 5. The molecule has 0 aliphatic carbocycles. The molecule has 5 nitrogen and oxygen atoms in total. The summed E-state index contributed by atoms with van der Waals surface area (Å²) >= 11 is 1.31. The first-order chi connectivity index (χ1) is 7.84. The van der Waals surface area contributed by atoms with E-state index in [0.29, 0.717) is 5.75 Å². The molecule has 6 heteroatoms. The summed E-state index contributed by atoms with van der Waals surface area (Å²) in [5.41, 5.74) is -0.276. The average molecular weight is 260 g/mol. The van der Waals surface area contributed by atoms with E-state index in [1.807, 2.05) is 20.8 Å². The number of hydrogen-bond donors (Lipinski definition) is 0. The Kier molecular flexibility index (Phi) is 7.03. The number of carbonyl (C=O) groups excluding carboxylic acids is 2. The molecule has 1 atom stereocenters. The summed E-state index contributed by atoms with van der Waals surface area (Å²) in [6.45, 7) is 5.95. The Balaban J connectivity index is 4.52. The van der Waals surface area contributed by atoms with Crippen LogP contribution in [0, 0.1) is 4.91 Å². The molecule has 0 spiro atoms. The highest BCUT2D eigenvalue weighted by molar-refractivity contribution is 8.00. The molecule has 17 heavy (non-hydrogen) atoms. The van der Waals surface area contributed by atoms with Crippen LogP contribution in [0.1, 0.15) is 27.2 Å². The standard InChI is InChI=1S/C11H20N2O3S/c1-11(2,3)13(4)10(15)9(5-7-14)17-8-6-12-16/h7,9H,5-6,8H2,1-4H3. The molecule has 0 aromatic carbocycles. The molecule has 0 aliphatic heterocycles. The number of nitrogens with zero attached hydrogens (tertiary/aromatic N) is 2. The third-order valence-corrected chi connectivity index (χ3v) is 3.64. The highest BCUT2D eigenvalue weighted by atomic mass is 32.2. The molecule has 0 saturated heterocycles. The van der Waals surface area contributed by atoms with E-state index in [9.17, 15) is 14.5 Å². The molecule has 1 amide bonds. The van der Waals surface area contributed by atoms with Gasteiger partial charge in [0.1, 0.15) is 6.29 Å². The van der Waals surface area contributed by atoms with Crippen molar-refractivity contribution in [3.8, 4) is 0 Å². The molecule has 0 N–H and O–H groups in total. The van der Waals surface area contributed by atoms with Crippen molar-refractivity contribution < 1.29 is 9.59 Å². The summed E-state index contributed by atoms with van der Waals surface area (Å²) in [6, 6.07) is 0. The largest absolute Gasteiger partial charge is 0.340 e. The first kappa shape index (κ1) is 16.1. The fraction of sp³-hybridized carbons (Fsp3) is 0.818. The van der Waals surface area contributed by atoms with Crippen molar-refractivity contribution in [2.24, 2.45) is 5.18 Å². The quantitative estimate of drug-likeness (QED) is 0.397. The Hall–Kier alpha value is -0.910. The molecule has 0 aromatic rings. The lowest BCUT2D eigenvalue weighted by atomic mass is 10.1. The molecule has 0 bridgehead atoms. The Morgan fingerprint density at radius 1 is 1.47 bits per heavy atom. The fourth-order valence-electron chi connectivity index (χ4n) is 1.11. The Labute approximate surface area is 106 Å². The monoisotopic (exact) mass is 260 g/mol. The van der Waals surface area contributed by atoms with Gasteiger partial charge in [-0.1, -0.05) is 5.18 Å². The van der Waals surface area contributed by atoms with E-state index in [2.05, 4.69) is 5.18 Å². The maximum Gasteiger partial charge on any atom is 0.236 e. The van der Waals surface area contributed by atoms with Crippen LogP contribution >= 0.6 is 11.8 Å². The number of thioether (sulfide) groups is 1. The van der Waals surface area contributed by atoms with Crippen molar-refractivity contribution in [2.45, 2.75) is 38.0 Å². The zero-order valence-electron chi connectivity index (χ0n) is 10.8. The Morgan fingerprint density at radius 2 is 2.06 bits per heavy atom. The summed E-state index contributed by atoms with van der Waals surface area (Å²) in [7, 11) is 1.72. The number of nitroso groups, excluding NO2 is 1. The highest BCUT2D eigenvalue weighted by Gasteiger charge is 2.28. The lowest BCUT2D eigenvalue weighted by Gasteiger charge is -2.34. The predicted octanol–water partition coefficient (Wildman–Crippen LogP) is 1.70. The van der Waals surface area contributed by atoms with Crippen LogP contribution in [-0.4, -0.2) is 47.2 Å². The molecule has 0 heterocycles. The molecule has 0 radical (unpaired) electrons. The molecule has 0 aromatic heterocycles. The van der Waals surface area contributed by atoms with Crippen LogP contribution in [0.25, 0.3) is 0 Å². The van der Waals surface area contributed by atoms with Gasteiger partial charge in [-0.3, -0.25) is 4.79 Å². The third kappa shape index (κ3) is 5.81. The number of aldehydes is 1. The summed E-state index contributed by atoms with van der Waals surface area (Å²) in [5, 5.41) is 2.32. The van der Waals surface area contributed by atoms with Gasteiger partial charge in [-0.15, -0.1) is 11.8 Å². The molecule has 0 rings (SSSR count). The SMILES string of the molecule is CN(C(=O)C(CC=O)SCCN=O)C(C)(C)C. The second-order valence-corrected chi connectivity index (χ2v) is 5.99. The van der Waals surface area contributed by atoms with Crippen LogP contribution in [0.3, 0.4) is 0 Å². The van der Waals surface area contributed by atoms with Gasteiger partial charge in [0, 0.05) is 24.8 Å². The van der Waals surface area contributed by atoms with Crippen LogP contribution in [0.15, 0.2) is 5.18 Å². The van der Waals surface area contributed by atoms with Gasteiger partial charge in [0.15, 0.2) is 0 Å². The predicted molar refractivity (Wildman–Crippen MR) is 70.1 cm³/mol. The first-order valence-corrected chi connectivity index (χ1v) is 6.51. The minimum Gasteiger partial charge on any atom is -0.340 e. The molecular formula is C11H20N2O3S. The van der Waals surface area contributed by atoms with Crippen molar-refractivity contribution >= 4 is 24.0 Å². The minimum absolute atomic E-state index is 0.0829. The second-order valence-electron chi connectivity index (χ2n) is 4.68. The van der Waals surface area contributed by atoms with Crippen molar-refractivity contribution in [3.63, 3.8) is 0 Å². The topological polar surface area (TPSA) is 66.8 Å². The first-order valence-electron chi connectivity index (χ1n) is 5.46. The minimum atomic E-state index is -0.418. The van der Waals surface area contributed by atoms with Crippen molar-refractivity contribution in [2.75, 3.05) is 19.3 Å². The summed E-state index contributed by atoms with van der Waals surface area (Å²) in [5.74, 6) is 0.381. The molecule has 0 aliphatic rings. The van der Waals surface area contributed by atoms with Gasteiger partial charge in [-0.2, -0.15) is 4.91 Å². The fourth-order valence-corrected chi connectivity index (χ4v) is 2.09. The van der Waals surface area contributed by atoms with E-state index < -0.39 is 5.25 Å². The Bertz CT molecular complexity index is 276. The van der Waals surface area contributed by atoms with Gasteiger partial charge in [0.25, 0.3) is 0 Å². The summed E-state index contributed by atoms with van der Waals surface area (Å²) < 4.78 is 0. The van der Waals surface area contributed by atoms with Crippen LogP contribution in [0.4, 0.5) is 0 Å². The lowest BCUT2D eigenvalue weighted by molar-refractivity contribution is -0.134. The van der Waals surface area contributed by atoms with E-state index in [1.165, 1.54) is 11.8 Å². The van der Waals surface area contributed by atoms with Crippen LogP contribution in [0.5, 0.6) is 0 Å². The number of rotatable bonds is 7. The smallest absolute Gasteiger partial charge is 0.236 e. The zero-order valence-corrected chi connectivity index (χ0v) is 11.6. The van der Waals surface area contributed by atoms with E-state index in [1.54, 1.807) is 11.9 Å². The molecule has 98 valence electrons. The summed E-state index contributed by atoms with van der Waals surface area (Å²) in [4.78, 5) is 34.3. The average Bonchev–Trinajstić information content (AvgIpc) is 2.25. The molecule has 0 saturated carbocycles. The van der Waals surface area contributed by atoms with Gasteiger partial charge in [0.2, 0.25) is 5.91 Å². The highest BCUT2D eigenvalue weighted by Crippen LogP contribution is 2.20. The van der Waals surface area contributed by atoms with E-state index in [-0.39, 0.29) is 24.4 Å². The molecule has 0 fully saturated rings. The number of amides is 1. The van der Waals surface area contributed by atoms with Gasteiger partial charge >= 0.3 is 0 Å². The summed E-state index contributed by atoms with van der Waals surface area (Å²) in [6.07, 6.45) is 0.906. The van der Waals surface area contributed by atoms with Gasteiger partial charge < -0.3 is 9.69 Å². The van der Waals surface area contributed by atoms with Crippen LogP contribution < -0.4 is 0 Å². The lowest BCUT2D eigenvalue weighted by Crippen LogP contribution is -2.46. The normalized spacial score (nSPS) is 12.9. The van der Waals surface area contributed by atoms with Crippen LogP contribution in [-0.2, 0) is 9.59 Å². The van der Waals surface area contributed by atoms with Crippen molar-refractivity contribution in [1.29, 1.82) is 0 Å². The zero-order chi connectivity index (χ0) is 13.5. The van der Waals surface area contributed by atoms with Gasteiger partial charge in [-0.05, 0) is 20.8 Å². The van der Waals surface area contributed by atoms with E-state index in [0.717, 1.165) is 6.29 Å². The molecular weight excluding hydrogens is 240 g/mol. The maximum absolute atomic E-state index is 12.1. The van der Waals surface area contributed by atoms with Gasteiger partial charge in [0.05, 0.1) is 11.8 Å². The van der Waals surface area contributed by atoms with Crippen molar-refractivity contribution in [1.82, 2.24) is 4.90 Å². The van der Waals surface area contributed by atoms with E-state index in [4.69, 9.17) is 0 Å². The van der Waals surface area contributed by atoms with Crippen LogP contribution in [0.2, 0.25) is 0 Å². The van der Waals surface area contributed by atoms with Gasteiger partial charge in [-0.25, -0.2) is 0 Å². The van der Waals surface area contributed by atoms with E-state index >= 15 is 0 Å². The third-order valence-electron chi connectivity index (χ3n) is 2.42. The van der Waals surface area contributed by atoms with Crippen molar-refractivity contribution in [3.05, 3.63) is 4.91 Å². The molecule has 1 unspecified atom stereocenters.